The summed E-state index contributed by atoms with van der Waals surface area (Å²) in [6.07, 6.45) is 3.36. The molecule has 0 fully saturated rings. The second-order valence-electron chi connectivity index (χ2n) is 8.44. The molecule has 1 aliphatic rings. The molecule has 36 heavy (non-hydrogen) atoms. The molecule has 0 bridgehead atoms. The molecule has 8 nitrogen and oxygen atoms in total. The third kappa shape index (κ3) is 3.56. The van der Waals surface area contributed by atoms with Crippen molar-refractivity contribution in [2.75, 3.05) is 4.90 Å². The largest absolute Gasteiger partial charge is 0.300 e. The molecule has 8 heteroatoms. The maximum absolute atomic E-state index is 12.7. The fraction of sp³-hybridized carbons (Fsp3) is 0.0714. The van der Waals surface area contributed by atoms with Crippen molar-refractivity contribution >= 4 is 17.4 Å². The Bertz CT molecular complexity index is 1600. The Morgan fingerprint density at radius 3 is 2.14 bits per heavy atom. The van der Waals surface area contributed by atoms with Gasteiger partial charge in [0.1, 0.15) is 5.69 Å². The molecule has 3 aromatic carbocycles. The molecule has 3 heterocycles. The number of fused-ring (bicyclic) bond motifs is 1. The van der Waals surface area contributed by atoms with Gasteiger partial charge in [0.25, 0.3) is 11.7 Å². The standard InChI is InChI=1S/C28H20N6O2/c1-18(34-23-15-9-8-14-21(23)27(35)28(34)36)22-17-33(32-31-22)24-16-29-25(19-10-4-2-5-11-19)26(30-24)20-12-6-3-7-13-20/h2-18H,1H3. The maximum Gasteiger partial charge on any atom is 0.300 e. The third-order valence-electron chi connectivity index (χ3n) is 6.24. The van der Waals surface area contributed by atoms with E-state index in [1.807, 2.05) is 67.6 Å². The topological polar surface area (TPSA) is 93.9 Å². The predicted molar refractivity (Wildman–Crippen MR) is 134 cm³/mol. The molecule has 0 radical (unpaired) electrons. The molecule has 0 N–H and O–H groups in total. The van der Waals surface area contributed by atoms with Crippen LogP contribution in [-0.4, -0.2) is 36.7 Å². The van der Waals surface area contributed by atoms with E-state index in [1.165, 1.54) is 9.58 Å². The molecular formula is C28H20N6O2. The monoisotopic (exact) mass is 472 g/mol. The zero-order valence-corrected chi connectivity index (χ0v) is 19.3. The number of nitrogens with zero attached hydrogens (tertiary/aromatic N) is 6. The van der Waals surface area contributed by atoms with Crippen LogP contribution in [0.4, 0.5) is 5.69 Å². The Morgan fingerprint density at radius 2 is 1.42 bits per heavy atom. The third-order valence-corrected chi connectivity index (χ3v) is 6.24. The van der Waals surface area contributed by atoms with Gasteiger partial charge in [-0.05, 0) is 19.1 Å². The van der Waals surface area contributed by atoms with Crippen molar-refractivity contribution in [3.05, 3.63) is 109 Å². The van der Waals surface area contributed by atoms with E-state index in [0.29, 0.717) is 22.8 Å². The number of benzene rings is 3. The van der Waals surface area contributed by atoms with Gasteiger partial charge in [-0.2, -0.15) is 0 Å². The number of hydrogen-bond acceptors (Lipinski definition) is 6. The zero-order valence-electron chi connectivity index (χ0n) is 19.3. The van der Waals surface area contributed by atoms with E-state index in [1.54, 1.807) is 36.7 Å². The Kier molecular flexibility index (Phi) is 5.19. The highest BCUT2D eigenvalue weighted by atomic mass is 16.2. The highest BCUT2D eigenvalue weighted by molar-refractivity contribution is 6.52. The molecule has 0 aliphatic carbocycles. The number of para-hydroxylation sites is 1. The van der Waals surface area contributed by atoms with Gasteiger partial charge in [-0.15, -0.1) is 5.10 Å². The van der Waals surface area contributed by atoms with Crippen LogP contribution in [-0.2, 0) is 4.79 Å². The van der Waals surface area contributed by atoms with Crippen LogP contribution in [0.5, 0.6) is 0 Å². The lowest BCUT2D eigenvalue weighted by atomic mass is 10.0. The average Bonchev–Trinajstić information content (AvgIpc) is 3.53. The first-order chi connectivity index (χ1) is 17.6. The second-order valence-corrected chi connectivity index (χ2v) is 8.44. The lowest BCUT2D eigenvalue weighted by molar-refractivity contribution is -0.114. The smallest absolute Gasteiger partial charge is 0.296 e. The number of rotatable bonds is 5. The average molecular weight is 473 g/mol. The minimum absolute atomic E-state index is 0.400. The molecule has 1 unspecified atom stereocenters. The van der Waals surface area contributed by atoms with Crippen molar-refractivity contribution in [2.24, 2.45) is 0 Å². The van der Waals surface area contributed by atoms with Crippen molar-refractivity contribution in [3.63, 3.8) is 0 Å². The highest BCUT2D eigenvalue weighted by Gasteiger charge is 2.39. The maximum atomic E-state index is 12.7. The summed E-state index contributed by atoms with van der Waals surface area (Å²) >= 11 is 0. The first-order valence-electron chi connectivity index (χ1n) is 11.5. The van der Waals surface area contributed by atoms with Crippen molar-refractivity contribution in [2.45, 2.75) is 13.0 Å². The van der Waals surface area contributed by atoms with Gasteiger partial charge in [0.2, 0.25) is 0 Å². The van der Waals surface area contributed by atoms with Crippen LogP contribution in [0.3, 0.4) is 0 Å². The van der Waals surface area contributed by atoms with Gasteiger partial charge in [-0.3, -0.25) is 19.5 Å². The number of aromatic nitrogens is 5. The summed E-state index contributed by atoms with van der Waals surface area (Å²) in [5.74, 6) is -0.597. The van der Waals surface area contributed by atoms with E-state index in [0.717, 1.165) is 22.5 Å². The number of hydrogen-bond donors (Lipinski definition) is 0. The first kappa shape index (κ1) is 21.5. The Balaban J connectivity index is 1.38. The summed E-state index contributed by atoms with van der Waals surface area (Å²) in [7, 11) is 0. The summed E-state index contributed by atoms with van der Waals surface area (Å²) in [5, 5.41) is 8.55. The zero-order chi connectivity index (χ0) is 24.6. The Morgan fingerprint density at radius 1 is 0.778 bits per heavy atom. The number of carbonyl (C=O) groups is 2. The number of Topliss-reactive ketones (excluding diaryl/α,β-unsaturated/α-hetero) is 1. The van der Waals surface area contributed by atoms with Gasteiger partial charge in [0.15, 0.2) is 5.82 Å². The summed E-state index contributed by atoms with van der Waals surface area (Å²) in [6, 6.07) is 26.2. The minimum Gasteiger partial charge on any atom is -0.296 e. The predicted octanol–water partition coefficient (Wildman–Crippen LogP) is 4.68. The number of ketones is 1. The van der Waals surface area contributed by atoms with E-state index in [9.17, 15) is 9.59 Å². The number of carbonyl (C=O) groups excluding carboxylic acids is 2. The van der Waals surface area contributed by atoms with Crippen LogP contribution in [0.25, 0.3) is 28.3 Å². The van der Waals surface area contributed by atoms with E-state index in [-0.39, 0.29) is 0 Å². The van der Waals surface area contributed by atoms with E-state index >= 15 is 0 Å². The summed E-state index contributed by atoms with van der Waals surface area (Å²) in [5.41, 5.74) is 4.87. The summed E-state index contributed by atoms with van der Waals surface area (Å²) in [4.78, 5) is 36.2. The first-order valence-corrected chi connectivity index (χ1v) is 11.5. The van der Waals surface area contributed by atoms with Crippen molar-refractivity contribution < 1.29 is 9.59 Å². The van der Waals surface area contributed by atoms with Crippen LogP contribution in [0.15, 0.2) is 97.3 Å². The molecule has 0 saturated carbocycles. The van der Waals surface area contributed by atoms with Gasteiger partial charge in [0, 0.05) is 11.1 Å². The number of anilines is 1. The van der Waals surface area contributed by atoms with Crippen LogP contribution in [0.2, 0.25) is 0 Å². The summed E-state index contributed by atoms with van der Waals surface area (Å²) in [6.45, 7) is 1.82. The van der Waals surface area contributed by atoms with E-state index in [2.05, 4.69) is 10.3 Å². The molecular weight excluding hydrogens is 452 g/mol. The fourth-order valence-electron chi connectivity index (χ4n) is 4.40. The van der Waals surface area contributed by atoms with Gasteiger partial charge >= 0.3 is 0 Å². The van der Waals surface area contributed by atoms with Gasteiger partial charge in [-0.1, -0.05) is 78.0 Å². The van der Waals surface area contributed by atoms with Crippen LogP contribution < -0.4 is 4.90 Å². The van der Waals surface area contributed by atoms with Gasteiger partial charge in [-0.25, -0.2) is 9.67 Å². The molecule has 1 amide bonds. The van der Waals surface area contributed by atoms with Crippen LogP contribution >= 0.6 is 0 Å². The molecule has 0 saturated heterocycles. The molecule has 174 valence electrons. The molecule has 1 aliphatic heterocycles. The minimum atomic E-state index is -0.573. The van der Waals surface area contributed by atoms with E-state index < -0.39 is 17.7 Å². The van der Waals surface area contributed by atoms with Gasteiger partial charge in [0.05, 0.1) is 41.1 Å². The van der Waals surface area contributed by atoms with Crippen LogP contribution in [0, 0.1) is 0 Å². The normalized spacial score (nSPS) is 13.6. The lowest BCUT2D eigenvalue weighted by Gasteiger charge is -2.22. The second kappa shape index (κ2) is 8.66. The molecule has 0 spiro atoms. The van der Waals surface area contributed by atoms with Crippen molar-refractivity contribution in [1.29, 1.82) is 0 Å². The molecule has 1 atom stereocenters. The number of amides is 1. The lowest BCUT2D eigenvalue weighted by Crippen LogP contribution is -2.32. The fourth-order valence-corrected chi connectivity index (χ4v) is 4.40. The van der Waals surface area contributed by atoms with Gasteiger partial charge < -0.3 is 0 Å². The summed E-state index contributed by atoms with van der Waals surface area (Å²) < 4.78 is 1.54. The van der Waals surface area contributed by atoms with E-state index in [4.69, 9.17) is 9.97 Å². The van der Waals surface area contributed by atoms with Crippen molar-refractivity contribution in [1.82, 2.24) is 25.0 Å². The molecule has 2 aromatic heterocycles. The van der Waals surface area contributed by atoms with Crippen molar-refractivity contribution in [3.8, 4) is 28.3 Å². The van der Waals surface area contributed by atoms with Crippen LogP contribution in [0.1, 0.15) is 29.0 Å². The Hall–Kier alpha value is -4.98. The SMILES string of the molecule is CC(c1cn(-c2cnc(-c3ccccc3)c(-c3ccccc3)n2)nn1)N1C(=O)C(=O)c2ccccc21. The highest BCUT2D eigenvalue weighted by Crippen LogP contribution is 2.35. The quantitative estimate of drug-likeness (QED) is 0.345. The molecule has 6 rings (SSSR count). The Labute approximate surface area is 206 Å². The molecule has 5 aromatic rings.